The van der Waals surface area contributed by atoms with Gasteiger partial charge in [0.15, 0.2) is 0 Å². The van der Waals surface area contributed by atoms with Crippen molar-refractivity contribution in [1.29, 1.82) is 0 Å². The van der Waals surface area contributed by atoms with E-state index in [0.29, 0.717) is 5.82 Å². The summed E-state index contributed by atoms with van der Waals surface area (Å²) in [7, 11) is 0. The van der Waals surface area contributed by atoms with E-state index in [1.54, 1.807) is 16.0 Å². The first kappa shape index (κ1) is 20.4. The predicted molar refractivity (Wildman–Crippen MR) is 131 cm³/mol. The Hall–Kier alpha value is -3.55. The highest BCUT2D eigenvalue weighted by atomic mass is 32.1. The smallest absolute Gasteiger partial charge is 0.229 e. The molecule has 7 heteroatoms. The Kier molecular flexibility index (Phi) is 5.66. The molecule has 158 valence electrons. The molecule has 3 heterocycles. The minimum absolute atomic E-state index is 0.0892. The number of thiazole rings is 1. The fourth-order valence-corrected chi connectivity index (χ4v) is 5.00. The Labute approximate surface area is 194 Å². The summed E-state index contributed by atoms with van der Waals surface area (Å²) in [6.45, 7) is 1.91. The number of amides is 1. The van der Waals surface area contributed by atoms with Crippen LogP contribution in [0.4, 0.5) is 5.82 Å². The lowest BCUT2D eigenvalue weighted by Gasteiger charge is -2.07. The number of thiophene rings is 1. The van der Waals surface area contributed by atoms with Gasteiger partial charge in [-0.1, -0.05) is 60.7 Å². The number of carbonyl (C=O) groups excluding carboxylic acids is 1. The predicted octanol–water partition coefficient (Wildman–Crippen LogP) is 6.21. The number of aryl methyl sites for hydroxylation is 1. The molecule has 32 heavy (non-hydrogen) atoms. The van der Waals surface area contributed by atoms with Crippen molar-refractivity contribution in [2.75, 3.05) is 5.32 Å². The first-order chi connectivity index (χ1) is 15.7. The van der Waals surface area contributed by atoms with E-state index in [9.17, 15) is 4.79 Å². The Morgan fingerprint density at radius 3 is 2.50 bits per heavy atom. The van der Waals surface area contributed by atoms with Crippen molar-refractivity contribution in [2.45, 2.75) is 13.3 Å². The number of nitrogens with zero attached hydrogens (tertiary/aromatic N) is 3. The molecule has 0 atom stereocenters. The lowest BCUT2D eigenvalue weighted by atomic mass is 10.0. The van der Waals surface area contributed by atoms with Crippen LogP contribution in [0.1, 0.15) is 11.3 Å². The maximum atomic E-state index is 12.8. The Balaban J connectivity index is 1.30. The number of hydrogen-bond donors (Lipinski definition) is 1. The summed E-state index contributed by atoms with van der Waals surface area (Å²) in [4.78, 5) is 18.6. The zero-order valence-electron chi connectivity index (χ0n) is 17.4. The molecule has 1 N–H and O–H groups in total. The largest absolute Gasteiger partial charge is 0.310 e. The van der Waals surface area contributed by atoms with Crippen LogP contribution >= 0.6 is 22.7 Å². The SMILES string of the molecule is Cc1cc(NC(=O)Cc2ccc(-c3ccccc3)cc2)n(-c2nc(-c3cccs3)cs2)n1. The van der Waals surface area contributed by atoms with Crippen LogP contribution in [0.2, 0.25) is 0 Å². The molecule has 0 bridgehead atoms. The Morgan fingerprint density at radius 1 is 0.969 bits per heavy atom. The van der Waals surface area contributed by atoms with E-state index in [4.69, 9.17) is 4.98 Å². The van der Waals surface area contributed by atoms with Gasteiger partial charge in [-0.2, -0.15) is 9.78 Å². The number of aromatic nitrogens is 3. The number of nitrogens with one attached hydrogen (secondary N) is 1. The van der Waals surface area contributed by atoms with E-state index >= 15 is 0 Å². The maximum absolute atomic E-state index is 12.8. The van der Waals surface area contributed by atoms with Gasteiger partial charge in [0.1, 0.15) is 5.82 Å². The van der Waals surface area contributed by atoms with Gasteiger partial charge in [0, 0.05) is 11.4 Å². The summed E-state index contributed by atoms with van der Waals surface area (Å²) >= 11 is 3.15. The van der Waals surface area contributed by atoms with Crippen molar-refractivity contribution < 1.29 is 4.79 Å². The molecule has 0 radical (unpaired) electrons. The molecule has 0 saturated heterocycles. The van der Waals surface area contributed by atoms with Crippen molar-refractivity contribution in [3.8, 4) is 26.8 Å². The minimum atomic E-state index is -0.0892. The third-order valence-electron chi connectivity index (χ3n) is 4.97. The van der Waals surface area contributed by atoms with Crippen LogP contribution in [-0.4, -0.2) is 20.7 Å². The van der Waals surface area contributed by atoms with Crippen molar-refractivity contribution in [2.24, 2.45) is 0 Å². The van der Waals surface area contributed by atoms with Gasteiger partial charge in [-0.25, -0.2) is 4.98 Å². The topological polar surface area (TPSA) is 59.8 Å². The molecule has 0 aliphatic rings. The molecule has 5 rings (SSSR count). The van der Waals surface area contributed by atoms with E-state index < -0.39 is 0 Å². The van der Waals surface area contributed by atoms with Gasteiger partial charge in [0.25, 0.3) is 0 Å². The zero-order chi connectivity index (χ0) is 21.9. The van der Waals surface area contributed by atoms with Gasteiger partial charge >= 0.3 is 0 Å². The number of hydrogen-bond acceptors (Lipinski definition) is 5. The number of carbonyl (C=O) groups is 1. The van der Waals surface area contributed by atoms with Gasteiger partial charge in [-0.15, -0.1) is 22.7 Å². The summed E-state index contributed by atoms with van der Waals surface area (Å²) in [5.41, 5.74) is 4.99. The molecule has 2 aromatic carbocycles. The maximum Gasteiger partial charge on any atom is 0.229 e. The van der Waals surface area contributed by atoms with E-state index in [1.807, 2.05) is 78.3 Å². The second-order valence-corrected chi connectivity index (χ2v) is 9.15. The van der Waals surface area contributed by atoms with Gasteiger partial charge < -0.3 is 5.32 Å². The number of rotatable bonds is 6. The molecular formula is C25H20N4OS2. The average molecular weight is 457 g/mol. The highest BCUT2D eigenvalue weighted by molar-refractivity contribution is 7.15. The lowest BCUT2D eigenvalue weighted by Crippen LogP contribution is -2.17. The second-order valence-electron chi connectivity index (χ2n) is 7.36. The van der Waals surface area contributed by atoms with Gasteiger partial charge in [-0.05, 0) is 35.1 Å². The molecule has 0 spiro atoms. The molecule has 5 nitrogen and oxygen atoms in total. The molecule has 1 amide bonds. The van der Waals surface area contributed by atoms with Crippen LogP contribution in [0.25, 0.3) is 26.8 Å². The van der Waals surface area contributed by atoms with Crippen LogP contribution in [0.15, 0.2) is 83.6 Å². The number of anilines is 1. The molecule has 0 unspecified atom stereocenters. The first-order valence-electron chi connectivity index (χ1n) is 10.2. The fraction of sp³-hybridized carbons (Fsp3) is 0.0800. The average Bonchev–Trinajstić information content (AvgIpc) is 3.56. The third kappa shape index (κ3) is 4.39. The lowest BCUT2D eigenvalue weighted by molar-refractivity contribution is -0.115. The number of benzene rings is 2. The molecule has 0 aliphatic heterocycles. The summed E-state index contributed by atoms with van der Waals surface area (Å²) in [6.07, 6.45) is 0.289. The molecule has 0 fully saturated rings. The Morgan fingerprint density at radius 2 is 1.75 bits per heavy atom. The monoisotopic (exact) mass is 456 g/mol. The normalized spacial score (nSPS) is 10.9. The zero-order valence-corrected chi connectivity index (χ0v) is 19.0. The van der Waals surface area contributed by atoms with Gasteiger partial charge in [-0.3, -0.25) is 4.79 Å². The van der Waals surface area contributed by atoms with Crippen molar-refractivity contribution in [1.82, 2.24) is 14.8 Å². The van der Waals surface area contributed by atoms with Gasteiger partial charge in [0.05, 0.1) is 22.7 Å². The first-order valence-corrected chi connectivity index (χ1v) is 11.9. The van der Waals surface area contributed by atoms with Crippen LogP contribution in [0.5, 0.6) is 0 Å². The summed E-state index contributed by atoms with van der Waals surface area (Å²) < 4.78 is 1.70. The van der Waals surface area contributed by atoms with Gasteiger partial charge in [0.2, 0.25) is 11.0 Å². The molecular weight excluding hydrogens is 436 g/mol. The van der Waals surface area contributed by atoms with Crippen molar-refractivity contribution >= 4 is 34.4 Å². The van der Waals surface area contributed by atoms with E-state index in [1.165, 1.54) is 11.3 Å². The highest BCUT2D eigenvalue weighted by Gasteiger charge is 2.15. The van der Waals surface area contributed by atoms with Crippen molar-refractivity contribution in [3.05, 3.63) is 94.8 Å². The molecule has 0 saturated carbocycles. The van der Waals surface area contributed by atoms with Crippen LogP contribution < -0.4 is 5.32 Å². The van der Waals surface area contributed by atoms with E-state index in [2.05, 4.69) is 22.5 Å². The summed E-state index contributed by atoms with van der Waals surface area (Å²) in [5, 5.41) is 12.3. The van der Waals surface area contributed by atoms with Crippen molar-refractivity contribution in [3.63, 3.8) is 0 Å². The molecule has 0 aliphatic carbocycles. The highest BCUT2D eigenvalue weighted by Crippen LogP contribution is 2.29. The summed E-state index contributed by atoms with van der Waals surface area (Å²) in [5.74, 6) is 0.536. The van der Waals surface area contributed by atoms with Crippen LogP contribution in [0.3, 0.4) is 0 Å². The van der Waals surface area contributed by atoms with E-state index in [-0.39, 0.29) is 12.3 Å². The summed E-state index contributed by atoms with van der Waals surface area (Å²) in [6, 6.07) is 24.2. The quantitative estimate of drug-likeness (QED) is 0.330. The Bertz CT molecular complexity index is 1340. The van der Waals surface area contributed by atoms with E-state index in [0.717, 1.165) is 38.1 Å². The van der Waals surface area contributed by atoms with Crippen LogP contribution in [0, 0.1) is 6.92 Å². The molecule has 5 aromatic rings. The minimum Gasteiger partial charge on any atom is -0.310 e. The molecule has 3 aromatic heterocycles. The fourth-order valence-electron chi connectivity index (χ4n) is 3.45. The van der Waals surface area contributed by atoms with Crippen LogP contribution in [-0.2, 0) is 11.2 Å². The standard InChI is InChI=1S/C25H20N4OS2/c1-17-14-23(29(28-17)25-26-21(16-32-25)22-8-5-13-31-22)27-24(30)15-18-9-11-20(12-10-18)19-6-3-2-4-7-19/h2-14,16H,15H2,1H3,(H,27,30). The second kappa shape index (κ2) is 8.90. The third-order valence-corrected chi connectivity index (χ3v) is 6.68.